The molecule has 0 aromatic carbocycles. The molecule has 0 rings (SSSR count). The summed E-state index contributed by atoms with van der Waals surface area (Å²) in [6.45, 7) is 7.30. The Morgan fingerprint density at radius 3 is 2.28 bits per heavy atom. The van der Waals surface area contributed by atoms with E-state index in [1.165, 1.54) is 6.92 Å². The Bertz CT molecular complexity index is 303. The maximum Gasteiger partial charge on any atom is 0.233 e. The second-order valence-corrected chi connectivity index (χ2v) is 6.47. The molecule has 1 amide bonds. The Morgan fingerprint density at radius 2 is 1.83 bits per heavy atom. The second kappa shape index (κ2) is 9.25. The van der Waals surface area contributed by atoms with Crippen LogP contribution in [0.1, 0.15) is 47.0 Å². The van der Waals surface area contributed by atoms with Gasteiger partial charge in [0, 0.05) is 16.6 Å². The summed E-state index contributed by atoms with van der Waals surface area (Å²) in [6, 6.07) is -0.467. The highest BCUT2D eigenvalue weighted by Crippen LogP contribution is 2.03. The SMILES string of the molecule is CCCCCS(=O)CC(=O)NC(C(C)=O)C(C)C. The van der Waals surface area contributed by atoms with Crippen LogP contribution in [0.2, 0.25) is 0 Å². The number of rotatable bonds is 9. The quantitative estimate of drug-likeness (QED) is 0.651. The maximum atomic E-state index is 11.6. The van der Waals surface area contributed by atoms with E-state index >= 15 is 0 Å². The van der Waals surface area contributed by atoms with Gasteiger partial charge in [0.2, 0.25) is 5.91 Å². The molecule has 2 unspecified atom stereocenters. The van der Waals surface area contributed by atoms with Crippen LogP contribution in [0.4, 0.5) is 0 Å². The fourth-order valence-corrected chi connectivity index (χ4v) is 2.73. The second-order valence-electron chi connectivity index (χ2n) is 4.90. The molecule has 2 atom stereocenters. The van der Waals surface area contributed by atoms with Gasteiger partial charge in [0.25, 0.3) is 0 Å². The Morgan fingerprint density at radius 1 is 1.22 bits per heavy atom. The van der Waals surface area contributed by atoms with Crippen LogP contribution in [0.3, 0.4) is 0 Å². The molecular weight excluding hydrogens is 250 g/mol. The summed E-state index contributed by atoms with van der Waals surface area (Å²) < 4.78 is 11.6. The van der Waals surface area contributed by atoms with Gasteiger partial charge in [0.15, 0.2) is 5.78 Å². The highest BCUT2D eigenvalue weighted by Gasteiger charge is 2.21. The number of nitrogens with one attached hydrogen (secondary N) is 1. The lowest BCUT2D eigenvalue weighted by Gasteiger charge is -2.19. The number of ketones is 1. The highest BCUT2D eigenvalue weighted by atomic mass is 32.2. The monoisotopic (exact) mass is 275 g/mol. The third-order valence-corrected chi connectivity index (χ3v) is 4.02. The van der Waals surface area contributed by atoms with Crippen molar-refractivity contribution in [1.82, 2.24) is 5.32 Å². The molecule has 0 heterocycles. The van der Waals surface area contributed by atoms with Gasteiger partial charge in [-0.2, -0.15) is 0 Å². The van der Waals surface area contributed by atoms with Gasteiger partial charge in [-0.1, -0.05) is 33.6 Å². The molecule has 0 aliphatic heterocycles. The van der Waals surface area contributed by atoms with Crippen LogP contribution in [0, 0.1) is 5.92 Å². The van der Waals surface area contributed by atoms with Crippen molar-refractivity contribution in [2.45, 2.75) is 53.0 Å². The third kappa shape index (κ3) is 7.58. The van der Waals surface area contributed by atoms with Crippen LogP contribution >= 0.6 is 0 Å². The molecule has 106 valence electrons. The molecule has 0 saturated carbocycles. The molecule has 0 aliphatic rings. The van der Waals surface area contributed by atoms with Crippen LogP contribution in [-0.2, 0) is 20.4 Å². The van der Waals surface area contributed by atoms with Crippen molar-refractivity contribution in [2.24, 2.45) is 5.92 Å². The van der Waals surface area contributed by atoms with Gasteiger partial charge in [0.1, 0.15) is 5.75 Å². The normalized spacial score (nSPS) is 14.3. The number of carbonyl (C=O) groups excluding carboxylic acids is 2. The minimum absolute atomic E-state index is 0.000213. The Kier molecular flexibility index (Phi) is 8.89. The van der Waals surface area contributed by atoms with Crippen LogP contribution in [0.15, 0.2) is 0 Å². The summed E-state index contributed by atoms with van der Waals surface area (Å²) in [6.07, 6.45) is 3.00. The fourth-order valence-electron chi connectivity index (χ4n) is 1.68. The smallest absolute Gasteiger partial charge is 0.233 e. The van der Waals surface area contributed by atoms with Crippen LogP contribution in [-0.4, -0.2) is 33.4 Å². The molecule has 0 radical (unpaired) electrons. The molecule has 4 nitrogen and oxygen atoms in total. The highest BCUT2D eigenvalue weighted by molar-refractivity contribution is 7.85. The topological polar surface area (TPSA) is 63.2 Å². The third-order valence-electron chi connectivity index (χ3n) is 2.69. The molecule has 0 spiro atoms. The summed E-state index contributed by atoms with van der Waals surface area (Å²) in [5.74, 6) is 0.266. The number of carbonyl (C=O) groups is 2. The number of hydrogen-bond acceptors (Lipinski definition) is 3. The van der Waals surface area contributed by atoms with E-state index in [0.29, 0.717) is 5.75 Å². The average molecular weight is 275 g/mol. The first-order valence-electron chi connectivity index (χ1n) is 6.53. The average Bonchev–Trinajstić information content (AvgIpc) is 2.25. The van der Waals surface area contributed by atoms with Crippen LogP contribution < -0.4 is 5.32 Å². The van der Waals surface area contributed by atoms with Gasteiger partial charge >= 0.3 is 0 Å². The Balaban J connectivity index is 4.09. The van der Waals surface area contributed by atoms with Gasteiger partial charge in [0.05, 0.1) is 6.04 Å². The van der Waals surface area contributed by atoms with Gasteiger partial charge in [-0.05, 0) is 19.3 Å². The zero-order chi connectivity index (χ0) is 14.1. The predicted molar refractivity (Wildman–Crippen MR) is 74.9 cm³/mol. The minimum Gasteiger partial charge on any atom is -0.345 e. The van der Waals surface area contributed by atoms with Crippen molar-refractivity contribution in [3.63, 3.8) is 0 Å². The number of unbranched alkanes of at least 4 members (excludes halogenated alkanes) is 2. The Labute approximate surface area is 112 Å². The fraction of sp³-hybridized carbons (Fsp3) is 0.846. The van der Waals surface area contributed by atoms with Gasteiger partial charge < -0.3 is 5.32 Å². The summed E-state index contributed by atoms with van der Waals surface area (Å²) in [5.41, 5.74) is 0. The van der Waals surface area contributed by atoms with Gasteiger partial charge in [-0.15, -0.1) is 0 Å². The van der Waals surface area contributed by atoms with Crippen molar-refractivity contribution >= 4 is 22.5 Å². The van der Waals surface area contributed by atoms with Gasteiger partial charge in [-0.25, -0.2) is 0 Å². The number of Topliss-reactive ketones (excluding diaryl/α,β-unsaturated/α-hetero) is 1. The van der Waals surface area contributed by atoms with E-state index in [2.05, 4.69) is 12.2 Å². The van der Waals surface area contributed by atoms with Crippen LogP contribution in [0.25, 0.3) is 0 Å². The summed E-state index contributed by atoms with van der Waals surface area (Å²) in [5, 5.41) is 2.66. The zero-order valence-corrected chi connectivity index (χ0v) is 12.6. The lowest BCUT2D eigenvalue weighted by atomic mass is 10.0. The molecule has 0 aliphatic carbocycles. The molecule has 5 heteroatoms. The largest absolute Gasteiger partial charge is 0.345 e. The molecule has 0 aromatic heterocycles. The van der Waals surface area contributed by atoms with E-state index < -0.39 is 16.8 Å². The van der Waals surface area contributed by atoms with Crippen LogP contribution in [0.5, 0.6) is 0 Å². The van der Waals surface area contributed by atoms with Gasteiger partial charge in [-0.3, -0.25) is 13.8 Å². The molecule has 18 heavy (non-hydrogen) atoms. The lowest BCUT2D eigenvalue weighted by molar-refractivity contribution is -0.126. The van der Waals surface area contributed by atoms with E-state index in [1.807, 2.05) is 13.8 Å². The lowest BCUT2D eigenvalue weighted by Crippen LogP contribution is -2.45. The number of hydrogen-bond donors (Lipinski definition) is 1. The van der Waals surface area contributed by atoms with E-state index in [9.17, 15) is 13.8 Å². The van der Waals surface area contributed by atoms with E-state index in [4.69, 9.17) is 0 Å². The zero-order valence-electron chi connectivity index (χ0n) is 11.8. The van der Waals surface area contributed by atoms with E-state index in [0.717, 1.165) is 19.3 Å². The molecule has 1 N–H and O–H groups in total. The molecule has 0 bridgehead atoms. The molecule has 0 saturated heterocycles. The summed E-state index contributed by atoms with van der Waals surface area (Å²) in [7, 11) is -1.12. The molecule has 0 fully saturated rings. The first kappa shape index (κ1) is 17.3. The van der Waals surface area contributed by atoms with E-state index in [1.54, 1.807) is 0 Å². The Hall–Kier alpha value is -0.710. The van der Waals surface area contributed by atoms with Crippen molar-refractivity contribution in [2.75, 3.05) is 11.5 Å². The minimum atomic E-state index is -1.12. The molecular formula is C13H25NO3S. The van der Waals surface area contributed by atoms with Crippen molar-refractivity contribution in [3.8, 4) is 0 Å². The first-order chi connectivity index (χ1) is 8.38. The standard InChI is InChI=1S/C13H25NO3S/c1-5-6-7-8-18(17)9-12(16)14-13(10(2)3)11(4)15/h10,13H,5-9H2,1-4H3,(H,14,16). The van der Waals surface area contributed by atoms with Crippen molar-refractivity contribution < 1.29 is 13.8 Å². The summed E-state index contributed by atoms with van der Waals surface area (Å²) >= 11 is 0. The van der Waals surface area contributed by atoms with Crippen molar-refractivity contribution in [1.29, 1.82) is 0 Å². The molecule has 0 aromatic rings. The number of amides is 1. The first-order valence-corrected chi connectivity index (χ1v) is 8.02. The predicted octanol–water partition coefficient (Wildman–Crippen LogP) is 1.66. The maximum absolute atomic E-state index is 11.6. The van der Waals surface area contributed by atoms with E-state index in [-0.39, 0.29) is 23.4 Å². The van der Waals surface area contributed by atoms with Crippen molar-refractivity contribution in [3.05, 3.63) is 0 Å². The summed E-state index contributed by atoms with van der Waals surface area (Å²) in [4.78, 5) is 23.0.